The van der Waals surface area contributed by atoms with Crippen molar-refractivity contribution in [1.82, 2.24) is 20.2 Å². The van der Waals surface area contributed by atoms with Crippen molar-refractivity contribution in [1.29, 1.82) is 5.41 Å². The topological polar surface area (TPSA) is 134 Å². The van der Waals surface area contributed by atoms with Crippen molar-refractivity contribution < 1.29 is 18.7 Å². The minimum Gasteiger partial charge on any atom is -0.444 e. The molecule has 1 aromatic heterocycles. The maximum absolute atomic E-state index is 14.9. The van der Waals surface area contributed by atoms with Crippen LogP contribution in [0.4, 0.5) is 9.18 Å². The van der Waals surface area contributed by atoms with Crippen molar-refractivity contribution >= 4 is 23.5 Å². The molecule has 10 heteroatoms. The number of guanidine groups is 1. The molecule has 156 valence electrons. The van der Waals surface area contributed by atoms with E-state index in [9.17, 15) is 14.0 Å². The monoisotopic (exact) mass is 412 g/mol. The van der Waals surface area contributed by atoms with Crippen LogP contribution in [0, 0.1) is 11.2 Å². The van der Waals surface area contributed by atoms with Crippen LogP contribution in [0.25, 0.3) is 16.7 Å². The van der Waals surface area contributed by atoms with E-state index in [1.165, 1.54) is 25.4 Å². The number of benzene rings is 1. The number of hydrogen-bond acceptors (Lipinski definition) is 6. The summed E-state index contributed by atoms with van der Waals surface area (Å²) in [7, 11) is 0. The molecule has 2 heterocycles. The summed E-state index contributed by atoms with van der Waals surface area (Å²) in [4.78, 5) is 33.3. The number of nitrogens with two attached hydrogens (primary N) is 1. The summed E-state index contributed by atoms with van der Waals surface area (Å²) in [6, 6.07) is 4.70. The smallest absolute Gasteiger partial charge is 0.414 e. The second-order valence-electron chi connectivity index (χ2n) is 6.63. The van der Waals surface area contributed by atoms with Crippen LogP contribution in [0.15, 0.2) is 36.7 Å². The van der Waals surface area contributed by atoms with Gasteiger partial charge in [0, 0.05) is 49.1 Å². The van der Waals surface area contributed by atoms with Crippen molar-refractivity contribution in [3.05, 3.63) is 53.9 Å². The highest BCUT2D eigenvalue weighted by Crippen LogP contribution is 2.26. The predicted octanol–water partition coefficient (Wildman–Crippen LogP) is 2.04. The quantitative estimate of drug-likeness (QED) is 0.520. The van der Waals surface area contributed by atoms with Crippen molar-refractivity contribution in [3.8, 4) is 11.1 Å². The Labute approximate surface area is 172 Å². The number of carbonyl (C=O) groups is 2. The zero-order valence-corrected chi connectivity index (χ0v) is 16.3. The first-order valence-electron chi connectivity index (χ1n) is 9.17. The van der Waals surface area contributed by atoms with E-state index in [0.717, 1.165) is 5.57 Å². The van der Waals surface area contributed by atoms with Crippen molar-refractivity contribution in [2.75, 3.05) is 13.1 Å². The van der Waals surface area contributed by atoms with E-state index in [2.05, 4.69) is 9.97 Å². The molecular formula is C20H21FN6O3. The van der Waals surface area contributed by atoms with E-state index in [0.29, 0.717) is 30.9 Å². The van der Waals surface area contributed by atoms with Gasteiger partial charge in [-0.2, -0.15) is 0 Å². The fraction of sp³-hybridized carbons (Fsp3) is 0.250. The summed E-state index contributed by atoms with van der Waals surface area (Å²) in [6.45, 7) is 2.34. The first-order chi connectivity index (χ1) is 14.3. The molecule has 2 amide bonds. The van der Waals surface area contributed by atoms with Crippen LogP contribution in [-0.2, 0) is 16.1 Å². The van der Waals surface area contributed by atoms with Gasteiger partial charge in [0.15, 0.2) is 11.8 Å². The summed E-state index contributed by atoms with van der Waals surface area (Å²) >= 11 is 0. The molecular weight excluding hydrogens is 391 g/mol. The molecule has 0 aliphatic carbocycles. The lowest BCUT2D eigenvalue weighted by Gasteiger charge is -2.24. The molecule has 0 atom stereocenters. The minimum absolute atomic E-state index is 0.0275. The first kappa shape index (κ1) is 20.9. The average Bonchev–Trinajstić information content (AvgIpc) is 2.73. The van der Waals surface area contributed by atoms with E-state index in [4.69, 9.17) is 15.9 Å². The third-order valence-electron chi connectivity index (χ3n) is 4.58. The Morgan fingerprint density at radius 2 is 2.07 bits per heavy atom. The minimum atomic E-state index is -0.941. The van der Waals surface area contributed by atoms with Crippen molar-refractivity contribution in [2.45, 2.75) is 20.0 Å². The van der Waals surface area contributed by atoms with Gasteiger partial charge in [-0.1, -0.05) is 24.3 Å². The number of rotatable bonds is 4. The van der Waals surface area contributed by atoms with Gasteiger partial charge >= 0.3 is 6.09 Å². The Bertz CT molecular complexity index is 1010. The van der Waals surface area contributed by atoms with E-state index in [1.54, 1.807) is 17.0 Å². The van der Waals surface area contributed by atoms with Crippen LogP contribution in [0.1, 0.15) is 24.7 Å². The lowest BCUT2D eigenvalue weighted by Crippen LogP contribution is -2.36. The number of nitrogens with zero attached hydrogens (tertiary/aromatic N) is 3. The summed E-state index contributed by atoms with van der Waals surface area (Å²) in [5.74, 6) is -0.547. The molecule has 0 radical (unpaired) electrons. The van der Waals surface area contributed by atoms with Gasteiger partial charge in [0.1, 0.15) is 12.4 Å². The number of nitrogens with one attached hydrogen (secondary N) is 2. The van der Waals surface area contributed by atoms with Gasteiger partial charge < -0.3 is 15.4 Å². The molecule has 9 nitrogen and oxygen atoms in total. The average molecular weight is 412 g/mol. The van der Waals surface area contributed by atoms with E-state index >= 15 is 0 Å². The van der Waals surface area contributed by atoms with Gasteiger partial charge in [-0.15, -0.1) is 0 Å². The maximum Gasteiger partial charge on any atom is 0.414 e. The van der Waals surface area contributed by atoms with Crippen molar-refractivity contribution in [2.24, 2.45) is 5.73 Å². The molecule has 2 aromatic rings. The largest absolute Gasteiger partial charge is 0.444 e. The molecule has 0 unspecified atom stereocenters. The molecule has 0 spiro atoms. The standard InChI is InChI=1S/C20H21FN6O3/c1-12(28)27-7-5-13(6-8-27)18-24-9-15(10-25-18)16-4-2-3-14(17(16)21)11-30-20(29)26-19(22)23/h2-5,9-10H,6-8,11H2,1H3,(H4,22,23,26,29). The third-order valence-corrected chi connectivity index (χ3v) is 4.58. The molecule has 1 aromatic carbocycles. The Balaban J connectivity index is 1.73. The second-order valence-corrected chi connectivity index (χ2v) is 6.63. The number of halogens is 1. The maximum atomic E-state index is 14.9. The molecule has 0 saturated carbocycles. The highest BCUT2D eigenvalue weighted by molar-refractivity contribution is 5.90. The van der Waals surface area contributed by atoms with Crippen LogP contribution < -0.4 is 11.1 Å². The van der Waals surface area contributed by atoms with Gasteiger partial charge in [-0.05, 0) is 12.0 Å². The van der Waals surface area contributed by atoms with E-state index in [-0.39, 0.29) is 23.6 Å². The number of carbonyl (C=O) groups excluding carboxylic acids is 2. The molecule has 0 saturated heterocycles. The highest BCUT2D eigenvalue weighted by Gasteiger charge is 2.17. The lowest BCUT2D eigenvalue weighted by atomic mass is 10.0. The summed E-state index contributed by atoms with van der Waals surface area (Å²) in [5, 5.41) is 8.93. The lowest BCUT2D eigenvalue weighted by molar-refractivity contribution is -0.128. The van der Waals surface area contributed by atoms with Gasteiger partial charge in [-0.3, -0.25) is 15.5 Å². The van der Waals surface area contributed by atoms with E-state index in [1.807, 2.05) is 11.4 Å². The zero-order chi connectivity index (χ0) is 21.7. The number of aromatic nitrogens is 2. The molecule has 0 fully saturated rings. The number of amides is 2. The molecule has 1 aliphatic heterocycles. The normalized spacial score (nSPS) is 13.4. The zero-order valence-electron chi connectivity index (χ0n) is 16.3. The molecule has 30 heavy (non-hydrogen) atoms. The fourth-order valence-electron chi connectivity index (χ4n) is 2.99. The predicted molar refractivity (Wildman–Crippen MR) is 108 cm³/mol. The Hall–Kier alpha value is -3.82. The third kappa shape index (κ3) is 4.96. The van der Waals surface area contributed by atoms with Crippen LogP contribution in [0.2, 0.25) is 0 Å². The number of hydrogen-bond donors (Lipinski definition) is 3. The molecule has 4 N–H and O–H groups in total. The SMILES string of the molecule is CC(=O)N1CC=C(c2ncc(-c3cccc(COC(=O)NC(=N)N)c3F)cn2)CC1. The molecule has 3 rings (SSSR count). The molecule has 0 bridgehead atoms. The summed E-state index contributed by atoms with van der Waals surface area (Å²) in [5.41, 5.74) is 6.90. The highest BCUT2D eigenvalue weighted by atomic mass is 19.1. The summed E-state index contributed by atoms with van der Waals surface area (Å²) in [6.07, 6.45) is 4.70. The van der Waals surface area contributed by atoms with Gasteiger partial charge in [-0.25, -0.2) is 19.2 Å². The number of ether oxygens (including phenoxy) is 1. The Morgan fingerprint density at radius 3 is 2.67 bits per heavy atom. The Kier molecular flexibility index (Phi) is 6.35. The van der Waals surface area contributed by atoms with Crippen LogP contribution in [0.3, 0.4) is 0 Å². The summed E-state index contributed by atoms with van der Waals surface area (Å²) < 4.78 is 19.7. The first-order valence-corrected chi connectivity index (χ1v) is 9.17. The van der Waals surface area contributed by atoms with Crippen LogP contribution in [0.5, 0.6) is 0 Å². The van der Waals surface area contributed by atoms with Crippen LogP contribution >= 0.6 is 0 Å². The fourth-order valence-corrected chi connectivity index (χ4v) is 2.99. The van der Waals surface area contributed by atoms with Crippen molar-refractivity contribution in [3.63, 3.8) is 0 Å². The number of alkyl carbamates (subject to hydrolysis) is 1. The molecule has 1 aliphatic rings. The second kappa shape index (κ2) is 9.12. The van der Waals surface area contributed by atoms with E-state index < -0.39 is 17.9 Å². The Morgan fingerprint density at radius 1 is 1.33 bits per heavy atom. The van der Waals surface area contributed by atoms with Gasteiger partial charge in [0.25, 0.3) is 0 Å². The van der Waals surface area contributed by atoms with Gasteiger partial charge in [0.05, 0.1) is 0 Å². The van der Waals surface area contributed by atoms with Crippen LogP contribution in [-0.4, -0.2) is 45.9 Å². The van der Waals surface area contributed by atoms with Gasteiger partial charge in [0.2, 0.25) is 5.91 Å².